The Morgan fingerprint density at radius 1 is 1.14 bits per heavy atom. The van der Waals surface area contributed by atoms with Crippen molar-refractivity contribution in [2.45, 2.75) is 19.4 Å². The third kappa shape index (κ3) is 4.26. The molecule has 0 heterocycles. The first-order valence-corrected chi connectivity index (χ1v) is 6.51. The lowest BCUT2D eigenvalue weighted by Crippen LogP contribution is -2.39. The average Bonchev–Trinajstić information content (AvgIpc) is 2.42. The van der Waals surface area contributed by atoms with Crippen LogP contribution in [0.4, 0.5) is 0 Å². The van der Waals surface area contributed by atoms with Crippen molar-refractivity contribution in [3.8, 4) is 17.2 Å². The van der Waals surface area contributed by atoms with Crippen LogP contribution in [0, 0.1) is 0 Å². The molecule has 0 saturated carbocycles. The molecule has 0 radical (unpaired) electrons. The van der Waals surface area contributed by atoms with E-state index in [1.165, 1.54) is 26.2 Å². The van der Waals surface area contributed by atoms with Crippen LogP contribution in [-0.4, -0.2) is 56.4 Å². The quantitative estimate of drug-likeness (QED) is 0.863. The summed E-state index contributed by atoms with van der Waals surface area (Å²) in [5, 5.41) is 9.80. The highest BCUT2D eigenvalue weighted by Crippen LogP contribution is 2.38. The van der Waals surface area contributed by atoms with Crippen molar-refractivity contribution < 1.29 is 24.1 Å². The topological polar surface area (TPSA) is 68.2 Å². The van der Waals surface area contributed by atoms with Gasteiger partial charge in [-0.25, -0.2) is 0 Å². The van der Waals surface area contributed by atoms with Gasteiger partial charge in [-0.3, -0.25) is 4.79 Å². The second-order valence-electron chi connectivity index (χ2n) is 5.39. The molecule has 0 spiro atoms. The van der Waals surface area contributed by atoms with Crippen LogP contribution in [0.1, 0.15) is 24.2 Å². The van der Waals surface area contributed by atoms with E-state index in [0.717, 1.165) is 0 Å². The fourth-order valence-electron chi connectivity index (χ4n) is 2.08. The van der Waals surface area contributed by atoms with Crippen LogP contribution in [0.2, 0.25) is 0 Å². The zero-order valence-electron chi connectivity index (χ0n) is 13.4. The lowest BCUT2D eigenvalue weighted by Gasteiger charge is -2.26. The highest BCUT2D eigenvalue weighted by atomic mass is 16.5. The van der Waals surface area contributed by atoms with E-state index in [4.69, 9.17) is 14.2 Å². The maximum absolute atomic E-state index is 12.4. The number of nitrogens with zero attached hydrogens (tertiary/aromatic N) is 1. The molecule has 0 unspecified atom stereocenters. The first-order valence-electron chi connectivity index (χ1n) is 6.51. The summed E-state index contributed by atoms with van der Waals surface area (Å²) in [5.41, 5.74) is -0.568. The molecule has 118 valence electrons. The Morgan fingerprint density at radius 2 is 1.62 bits per heavy atom. The highest BCUT2D eigenvalue weighted by Gasteiger charge is 2.23. The lowest BCUT2D eigenvalue weighted by atomic mass is 10.1. The molecule has 0 aliphatic heterocycles. The van der Waals surface area contributed by atoms with Gasteiger partial charge in [-0.2, -0.15) is 0 Å². The molecule has 6 nitrogen and oxygen atoms in total. The standard InChI is InChI=1S/C15H23NO5/c1-15(2,18)9-16(3)14(17)10-7-11(19-4)13(21-6)12(8-10)20-5/h7-8,18H,9H2,1-6H3. The van der Waals surface area contributed by atoms with Crippen LogP contribution < -0.4 is 14.2 Å². The van der Waals surface area contributed by atoms with E-state index < -0.39 is 5.60 Å². The maximum atomic E-state index is 12.4. The van der Waals surface area contributed by atoms with Crippen LogP contribution >= 0.6 is 0 Å². The van der Waals surface area contributed by atoms with Crippen molar-refractivity contribution in [3.05, 3.63) is 17.7 Å². The number of hydrogen-bond donors (Lipinski definition) is 1. The SMILES string of the molecule is COc1cc(C(=O)N(C)CC(C)(C)O)cc(OC)c1OC. The molecule has 0 aliphatic carbocycles. The number of likely N-dealkylation sites (N-methyl/N-ethyl adjacent to an activating group) is 1. The fraction of sp³-hybridized carbons (Fsp3) is 0.533. The van der Waals surface area contributed by atoms with E-state index >= 15 is 0 Å². The predicted molar refractivity (Wildman–Crippen MR) is 79.4 cm³/mol. The number of aliphatic hydroxyl groups is 1. The summed E-state index contributed by atoms with van der Waals surface area (Å²) in [6, 6.07) is 3.18. The minimum atomic E-state index is -0.967. The Balaban J connectivity index is 3.16. The summed E-state index contributed by atoms with van der Waals surface area (Å²) >= 11 is 0. The molecule has 0 aromatic heterocycles. The molecule has 0 bridgehead atoms. The monoisotopic (exact) mass is 297 g/mol. The molecule has 0 saturated heterocycles. The molecule has 0 aliphatic rings. The summed E-state index contributed by atoms with van der Waals surface area (Å²) in [6.07, 6.45) is 0. The number of carbonyl (C=O) groups excluding carboxylic acids is 1. The van der Waals surface area contributed by atoms with E-state index in [1.54, 1.807) is 33.0 Å². The van der Waals surface area contributed by atoms with Crippen molar-refractivity contribution in [2.75, 3.05) is 34.9 Å². The van der Waals surface area contributed by atoms with Gasteiger partial charge in [-0.1, -0.05) is 0 Å². The van der Waals surface area contributed by atoms with Gasteiger partial charge in [-0.15, -0.1) is 0 Å². The molecular formula is C15H23NO5. The third-order valence-corrected chi connectivity index (χ3v) is 2.88. The first kappa shape index (κ1) is 17.1. The first-order chi connectivity index (χ1) is 9.73. The Kier molecular flexibility index (Phi) is 5.43. The number of amides is 1. The lowest BCUT2D eigenvalue weighted by molar-refractivity contribution is 0.0367. The second-order valence-corrected chi connectivity index (χ2v) is 5.39. The van der Waals surface area contributed by atoms with E-state index in [9.17, 15) is 9.90 Å². The van der Waals surface area contributed by atoms with Crippen LogP contribution in [0.15, 0.2) is 12.1 Å². The zero-order valence-corrected chi connectivity index (χ0v) is 13.4. The normalized spacial score (nSPS) is 11.0. The largest absolute Gasteiger partial charge is 0.493 e. The molecule has 0 atom stereocenters. The summed E-state index contributed by atoms with van der Waals surface area (Å²) in [6.45, 7) is 3.50. The van der Waals surface area contributed by atoms with E-state index in [1.807, 2.05) is 0 Å². The molecule has 1 rings (SSSR count). The summed E-state index contributed by atoms with van der Waals surface area (Å²) < 4.78 is 15.7. The number of methoxy groups -OCH3 is 3. The smallest absolute Gasteiger partial charge is 0.253 e. The number of carbonyl (C=O) groups is 1. The molecular weight excluding hydrogens is 274 g/mol. The van der Waals surface area contributed by atoms with E-state index in [2.05, 4.69) is 0 Å². The van der Waals surface area contributed by atoms with Gasteiger partial charge >= 0.3 is 0 Å². The van der Waals surface area contributed by atoms with Crippen LogP contribution in [-0.2, 0) is 0 Å². The minimum Gasteiger partial charge on any atom is -0.493 e. The molecule has 6 heteroatoms. The van der Waals surface area contributed by atoms with Crippen molar-refractivity contribution >= 4 is 5.91 Å². The van der Waals surface area contributed by atoms with Crippen molar-refractivity contribution in [1.29, 1.82) is 0 Å². The second kappa shape index (κ2) is 6.67. The summed E-state index contributed by atoms with van der Waals surface area (Å²) in [7, 11) is 6.12. The number of hydrogen-bond acceptors (Lipinski definition) is 5. The molecule has 1 aromatic rings. The third-order valence-electron chi connectivity index (χ3n) is 2.88. The van der Waals surface area contributed by atoms with Crippen LogP contribution in [0.5, 0.6) is 17.2 Å². The average molecular weight is 297 g/mol. The van der Waals surface area contributed by atoms with Gasteiger partial charge < -0.3 is 24.2 Å². The van der Waals surface area contributed by atoms with E-state index in [-0.39, 0.29) is 12.5 Å². The molecule has 0 fully saturated rings. The zero-order chi connectivity index (χ0) is 16.2. The molecule has 1 N–H and O–H groups in total. The molecule has 1 aromatic carbocycles. The van der Waals surface area contributed by atoms with Gasteiger partial charge in [0.05, 0.1) is 26.9 Å². The van der Waals surface area contributed by atoms with Gasteiger partial charge in [0.2, 0.25) is 5.75 Å². The fourth-order valence-corrected chi connectivity index (χ4v) is 2.08. The van der Waals surface area contributed by atoms with Gasteiger partial charge in [0.1, 0.15) is 0 Å². The van der Waals surface area contributed by atoms with Gasteiger partial charge in [0.25, 0.3) is 5.91 Å². The van der Waals surface area contributed by atoms with Crippen LogP contribution in [0.3, 0.4) is 0 Å². The summed E-state index contributed by atoms with van der Waals surface area (Å²) in [4.78, 5) is 13.9. The number of rotatable bonds is 6. The molecule has 21 heavy (non-hydrogen) atoms. The Morgan fingerprint density at radius 3 is 1.95 bits per heavy atom. The van der Waals surface area contributed by atoms with Gasteiger partial charge in [0, 0.05) is 19.2 Å². The van der Waals surface area contributed by atoms with Crippen molar-refractivity contribution in [2.24, 2.45) is 0 Å². The van der Waals surface area contributed by atoms with Gasteiger partial charge in [0.15, 0.2) is 11.5 Å². The van der Waals surface area contributed by atoms with Crippen molar-refractivity contribution in [1.82, 2.24) is 4.90 Å². The molecule has 1 amide bonds. The highest BCUT2D eigenvalue weighted by molar-refractivity contribution is 5.95. The number of ether oxygens (including phenoxy) is 3. The van der Waals surface area contributed by atoms with Crippen molar-refractivity contribution in [3.63, 3.8) is 0 Å². The minimum absolute atomic E-state index is 0.211. The van der Waals surface area contributed by atoms with E-state index in [0.29, 0.717) is 22.8 Å². The number of benzene rings is 1. The summed E-state index contributed by atoms with van der Waals surface area (Å²) in [5.74, 6) is 1.02. The Labute approximate surface area is 125 Å². The van der Waals surface area contributed by atoms with Gasteiger partial charge in [-0.05, 0) is 26.0 Å². The Bertz CT molecular complexity index is 482. The predicted octanol–water partition coefficient (Wildman–Crippen LogP) is 1.56. The van der Waals surface area contributed by atoms with Crippen LogP contribution in [0.25, 0.3) is 0 Å². The maximum Gasteiger partial charge on any atom is 0.253 e. The Hall–Kier alpha value is -1.95.